The van der Waals surface area contributed by atoms with E-state index >= 15 is 0 Å². The van der Waals surface area contributed by atoms with E-state index in [1.807, 2.05) is 32.9 Å². The van der Waals surface area contributed by atoms with Crippen LogP contribution in [0.15, 0.2) is 10.5 Å². The second kappa shape index (κ2) is 2.79. The molecule has 0 amide bonds. The SMILES string of the molecule is Cc1cc(C(C)C)c(C#N)o1. The molecule has 2 heteroatoms. The second-order valence-corrected chi connectivity index (χ2v) is 2.91. The van der Waals surface area contributed by atoms with Crippen LogP contribution < -0.4 is 0 Å². The lowest BCUT2D eigenvalue weighted by Gasteiger charge is -1.97. The fourth-order valence-electron chi connectivity index (χ4n) is 1.05. The molecule has 2 nitrogen and oxygen atoms in total. The molecule has 0 aliphatic heterocycles. The van der Waals surface area contributed by atoms with E-state index in [-0.39, 0.29) is 0 Å². The number of furan rings is 1. The Bertz CT molecular complexity index is 291. The molecule has 0 saturated carbocycles. The fourth-order valence-corrected chi connectivity index (χ4v) is 1.05. The maximum Gasteiger partial charge on any atom is 0.207 e. The van der Waals surface area contributed by atoms with Crippen molar-refractivity contribution < 1.29 is 4.42 Å². The van der Waals surface area contributed by atoms with Crippen LogP contribution in [0.4, 0.5) is 0 Å². The third kappa shape index (κ3) is 1.43. The van der Waals surface area contributed by atoms with Crippen molar-refractivity contribution in [2.24, 2.45) is 0 Å². The lowest BCUT2D eigenvalue weighted by atomic mass is 10.0. The van der Waals surface area contributed by atoms with Gasteiger partial charge in [0.2, 0.25) is 5.76 Å². The normalized spacial score (nSPS) is 10.1. The molecule has 0 bridgehead atoms. The van der Waals surface area contributed by atoms with Crippen molar-refractivity contribution in [3.8, 4) is 6.07 Å². The third-order valence-corrected chi connectivity index (χ3v) is 1.61. The Hall–Kier alpha value is -1.23. The summed E-state index contributed by atoms with van der Waals surface area (Å²) < 4.78 is 5.16. The maximum absolute atomic E-state index is 8.64. The molecule has 0 aliphatic rings. The average Bonchev–Trinajstić information content (AvgIpc) is 2.30. The first-order valence-electron chi connectivity index (χ1n) is 3.65. The molecule has 0 radical (unpaired) electrons. The average molecular weight is 149 g/mol. The zero-order valence-corrected chi connectivity index (χ0v) is 7.01. The minimum atomic E-state index is 0.363. The van der Waals surface area contributed by atoms with Gasteiger partial charge in [-0.05, 0) is 18.9 Å². The summed E-state index contributed by atoms with van der Waals surface area (Å²) in [5, 5.41) is 8.64. The van der Waals surface area contributed by atoms with Gasteiger partial charge >= 0.3 is 0 Å². The highest BCUT2D eigenvalue weighted by atomic mass is 16.3. The first kappa shape index (κ1) is 7.87. The summed E-state index contributed by atoms with van der Waals surface area (Å²) in [6.45, 7) is 5.95. The highest BCUT2D eigenvalue weighted by Gasteiger charge is 2.10. The van der Waals surface area contributed by atoms with E-state index in [0.29, 0.717) is 11.7 Å². The Balaban J connectivity index is 3.15. The molecule has 0 fully saturated rings. The molecule has 1 heterocycles. The molecule has 11 heavy (non-hydrogen) atoms. The highest BCUT2D eigenvalue weighted by Crippen LogP contribution is 2.22. The number of rotatable bonds is 1. The monoisotopic (exact) mass is 149 g/mol. The van der Waals surface area contributed by atoms with Gasteiger partial charge in [0.05, 0.1) is 0 Å². The molecule has 0 unspecified atom stereocenters. The van der Waals surface area contributed by atoms with Gasteiger partial charge in [0, 0.05) is 5.56 Å². The quantitative estimate of drug-likeness (QED) is 0.615. The Morgan fingerprint density at radius 1 is 1.55 bits per heavy atom. The molecule has 0 atom stereocenters. The molecule has 1 rings (SSSR count). The third-order valence-electron chi connectivity index (χ3n) is 1.61. The van der Waals surface area contributed by atoms with Crippen LogP contribution in [-0.4, -0.2) is 0 Å². The first-order valence-corrected chi connectivity index (χ1v) is 3.65. The van der Waals surface area contributed by atoms with Crippen LogP contribution in [0.2, 0.25) is 0 Å². The molecule has 1 aromatic rings. The van der Waals surface area contributed by atoms with Gasteiger partial charge < -0.3 is 4.42 Å². The molecule has 0 aromatic carbocycles. The number of hydrogen-bond donors (Lipinski definition) is 0. The van der Waals surface area contributed by atoms with Crippen molar-refractivity contribution in [1.29, 1.82) is 5.26 Å². The van der Waals surface area contributed by atoms with Gasteiger partial charge in [-0.15, -0.1) is 0 Å². The van der Waals surface area contributed by atoms with Crippen LogP contribution >= 0.6 is 0 Å². The van der Waals surface area contributed by atoms with E-state index in [2.05, 4.69) is 0 Å². The van der Waals surface area contributed by atoms with Gasteiger partial charge in [0.15, 0.2) is 0 Å². The zero-order valence-electron chi connectivity index (χ0n) is 7.01. The first-order chi connectivity index (χ1) is 5.15. The molecule has 0 N–H and O–H groups in total. The van der Waals surface area contributed by atoms with Gasteiger partial charge in [-0.1, -0.05) is 13.8 Å². The van der Waals surface area contributed by atoms with Crippen LogP contribution in [-0.2, 0) is 0 Å². The van der Waals surface area contributed by atoms with Crippen LogP contribution in [0.25, 0.3) is 0 Å². The van der Waals surface area contributed by atoms with Gasteiger partial charge in [-0.3, -0.25) is 0 Å². The molecule has 1 aromatic heterocycles. The van der Waals surface area contributed by atoms with E-state index in [1.165, 1.54) is 0 Å². The van der Waals surface area contributed by atoms with Crippen molar-refractivity contribution in [2.75, 3.05) is 0 Å². The molecular weight excluding hydrogens is 138 g/mol. The van der Waals surface area contributed by atoms with Crippen molar-refractivity contribution in [1.82, 2.24) is 0 Å². The highest BCUT2D eigenvalue weighted by molar-refractivity contribution is 5.32. The summed E-state index contributed by atoms with van der Waals surface area (Å²) in [5.41, 5.74) is 1.00. The van der Waals surface area contributed by atoms with Crippen LogP contribution in [0, 0.1) is 18.3 Å². The number of hydrogen-bond acceptors (Lipinski definition) is 2. The van der Waals surface area contributed by atoms with Crippen molar-refractivity contribution in [3.05, 3.63) is 23.2 Å². The topological polar surface area (TPSA) is 36.9 Å². The van der Waals surface area contributed by atoms with Gasteiger partial charge in [0.1, 0.15) is 11.8 Å². The lowest BCUT2D eigenvalue weighted by Crippen LogP contribution is -1.85. The Morgan fingerprint density at radius 2 is 2.18 bits per heavy atom. The molecule has 0 saturated heterocycles. The Morgan fingerprint density at radius 3 is 2.55 bits per heavy atom. The van der Waals surface area contributed by atoms with Crippen molar-refractivity contribution in [2.45, 2.75) is 26.7 Å². The smallest absolute Gasteiger partial charge is 0.207 e. The summed E-state index contributed by atoms with van der Waals surface area (Å²) in [5.74, 6) is 1.63. The number of aryl methyl sites for hydroxylation is 1. The van der Waals surface area contributed by atoms with E-state index in [1.54, 1.807) is 0 Å². The van der Waals surface area contributed by atoms with Gasteiger partial charge in [-0.25, -0.2) is 0 Å². The summed E-state index contributed by atoms with van der Waals surface area (Å²) in [6, 6.07) is 3.95. The van der Waals surface area contributed by atoms with Crippen molar-refractivity contribution >= 4 is 0 Å². The zero-order chi connectivity index (χ0) is 8.43. The molecule has 58 valence electrons. The standard InChI is InChI=1S/C9H11NO/c1-6(2)8-4-7(3)11-9(8)5-10/h4,6H,1-3H3. The van der Waals surface area contributed by atoms with Gasteiger partial charge in [-0.2, -0.15) is 5.26 Å². The summed E-state index contributed by atoms with van der Waals surface area (Å²) in [6.07, 6.45) is 0. The predicted molar refractivity (Wildman–Crippen MR) is 42.2 cm³/mol. The van der Waals surface area contributed by atoms with E-state index in [0.717, 1.165) is 11.3 Å². The van der Waals surface area contributed by atoms with E-state index in [4.69, 9.17) is 9.68 Å². The maximum atomic E-state index is 8.64. The minimum absolute atomic E-state index is 0.363. The Kier molecular flexibility index (Phi) is 2.00. The molecular formula is C9H11NO. The van der Waals surface area contributed by atoms with Crippen LogP contribution in [0.3, 0.4) is 0 Å². The summed E-state index contributed by atoms with van der Waals surface area (Å²) >= 11 is 0. The van der Waals surface area contributed by atoms with Crippen molar-refractivity contribution in [3.63, 3.8) is 0 Å². The van der Waals surface area contributed by atoms with Gasteiger partial charge in [0.25, 0.3) is 0 Å². The largest absolute Gasteiger partial charge is 0.451 e. The molecule has 0 aliphatic carbocycles. The summed E-state index contributed by atoms with van der Waals surface area (Å²) in [4.78, 5) is 0. The number of nitriles is 1. The molecule has 0 spiro atoms. The Labute approximate surface area is 66.4 Å². The van der Waals surface area contributed by atoms with Crippen LogP contribution in [0.1, 0.15) is 36.8 Å². The minimum Gasteiger partial charge on any atom is -0.451 e. The summed E-state index contributed by atoms with van der Waals surface area (Å²) in [7, 11) is 0. The fraction of sp³-hybridized carbons (Fsp3) is 0.444. The van der Waals surface area contributed by atoms with E-state index in [9.17, 15) is 0 Å². The lowest BCUT2D eigenvalue weighted by molar-refractivity contribution is 0.517. The van der Waals surface area contributed by atoms with Crippen LogP contribution in [0.5, 0.6) is 0 Å². The second-order valence-electron chi connectivity index (χ2n) is 2.91. The predicted octanol–water partition coefficient (Wildman–Crippen LogP) is 2.58. The van der Waals surface area contributed by atoms with E-state index < -0.39 is 0 Å². The number of nitrogens with zero attached hydrogens (tertiary/aromatic N) is 1.